The maximum atomic E-state index is 13.1. The van der Waals surface area contributed by atoms with Crippen LogP contribution in [0.4, 0.5) is 10.1 Å². The molecule has 0 amide bonds. The summed E-state index contributed by atoms with van der Waals surface area (Å²) >= 11 is 0. The normalized spacial score (nSPS) is 15.0. The molecule has 0 saturated carbocycles. The van der Waals surface area contributed by atoms with E-state index in [1.807, 2.05) is 23.0 Å². The molecule has 0 N–H and O–H groups in total. The molecule has 3 aromatic rings. The van der Waals surface area contributed by atoms with Crippen LogP contribution in [0.5, 0.6) is 0 Å². The Balaban J connectivity index is 1.22. The van der Waals surface area contributed by atoms with E-state index in [0.717, 1.165) is 63.5 Å². The Kier molecular flexibility index (Phi) is 6.20. The Bertz CT molecular complexity index is 913. The smallest absolute Gasteiger partial charge is 0.123 e. The highest BCUT2D eigenvalue weighted by Crippen LogP contribution is 2.22. The van der Waals surface area contributed by atoms with Crippen molar-refractivity contribution in [3.05, 3.63) is 66.1 Å². The highest BCUT2D eigenvalue weighted by atomic mass is 19.1. The number of benzene rings is 2. The minimum Gasteiger partial charge on any atom is -0.369 e. The second-order valence-electron chi connectivity index (χ2n) is 7.67. The second-order valence-corrected chi connectivity index (χ2v) is 7.67. The first-order valence-corrected chi connectivity index (χ1v) is 10.4. The zero-order chi connectivity index (χ0) is 20.1. The lowest BCUT2D eigenvalue weighted by molar-refractivity contribution is 0.251. The quantitative estimate of drug-likeness (QED) is 0.569. The fraction of sp³-hybridized carbons (Fsp3) is 0.391. The number of nitrogens with zero attached hydrogens (tertiary/aromatic N) is 5. The van der Waals surface area contributed by atoms with Crippen LogP contribution in [-0.4, -0.2) is 52.6 Å². The molecule has 1 fully saturated rings. The minimum absolute atomic E-state index is 0.176. The summed E-state index contributed by atoms with van der Waals surface area (Å²) in [6, 6.07) is 15.2. The first-order chi connectivity index (χ1) is 14.2. The van der Waals surface area contributed by atoms with Gasteiger partial charge in [-0.05, 0) is 56.1 Å². The van der Waals surface area contributed by atoms with Crippen molar-refractivity contribution in [1.29, 1.82) is 0 Å². The van der Waals surface area contributed by atoms with Crippen LogP contribution < -0.4 is 4.90 Å². The summed E-state index contributed by atoms with van der Waals surface area (Å²) in [4.78, 5) is 4.85. The van der Waals surface area contributed by atoms with Gasteiger partial charge in [0.2, 0.25) is 0 Å². The molecule has 1 aromatic heterocycles. The maximum absolute atomic E-state index is 13.1. The Morgan fingerprint density at radius 2 is 1.62 bits per heavy atom. The summed E-state index contributed by atoms with van der Waals surface area (Å²) in [5.41, 5.74) is 4.65. The van der Waals surface area contributed by atoms with Crippen molar-refractivity contribution in [3.63, 3.8) is 0 Å². The predicted octanol–water partition coefficient (Wildman–Crippen LogP) is 4.00. The number of anilines is 1. The lowest BCUT2D eigenvalue weighted by atomic mass is 10.1. The molecular formula is C23H28FN5. The molecule has 1 aliphatic rings. The fourth-order valence-corrected chi connectivity index (χ4v) is 3.97. The third-order valence-corrected chi connectivity index (χ3v) is 5.70. The lowest BCUT2D eigenvalue weighted by Gasteiger charge is -2.36. The number of hydrogen-bond donors (Lipinski definition) is 0. The summed E-state index contributed by atoms with van der Waals surface area (Å²) in [5.74, 6) is -0.176. The number of unbranched alkanes of at least 4 members (excludes halogenated alkanes) is 1. The van der Waals surface area contributed by atoms with Crippen molar-refractivity contribution >= 4 is 5.69 Å². The molecule has 152 valence electrons. The molecule has 2 aromatic carbocycles. The van der Waals surface area contributed by atoms with Crippen LogP contribution in [0.3, 0.4) is 0 Å². The highest BCUT2D eigenvalue weighted by molar-refractivity contribution is 5.62. The summed E-state index contributed by atoms with van der Waals surface area (Å²) in [6.45, 7) is 8.20. The van der Waals surface area contributed by atoms with Crippen molar-refractivity contribution in [2.75, 3.05) is 37.6 Å². The van der Waals surface area contributed by atoms with Gasteiger partial charge in [0, 0.05) is 44.0 Å². The topological polar surface area (TPSA) is 37.2 Å². The van der Waals surface area contributed by atoms with Gasteiger partial charge in [-0.2, -0.15) is 0 Å². The van der Waals surface area contributed by atoms with E-state index in [1.54, 1.807) is 0 Å². The van der Waals surface area contributed by atoms with Gasteiger partial charge in [0.05, 0.1) is 11.9 Å². The zero-order valence-corrected chi connectivity index (χ0v) is 17.0. The number of rotatable bonds is 7. The average molecular weight is 394 g/mol. The third kappa shape index (κ3) is 4.82. The predicted molar refractivity (Wildman–Crippen MR) is 114 cm³/mol. The Labute approximate surface area is 171 Å². The van der Waals surface area contributed by atoms with Gasteiger partial charge in [0.15, 0.2) is 0 Å². The number of halogens is 1. The van der Waals surface area contributed by atoms with E-state index in [4.69, 9.17) is 0 Å². The van der Waals surface area contributed by atoms with Gasteiger partial charge in [0.1, 0.15) is 5.82 Å². The standard InChI is InChI=1S/C23H28FN5/c1-19-6-2-3-7-22(19)23-18-25-26-29(23)13-5-4-12-27-14-16-28(17-15-27)21-10-8-20(24)9-11-21/h2-3,6-11,18H,4-5,12-17H2,1H3. The van der Waals surface area contributed by atoms with Gasteiger partial charge in [-0.1, -0.05) is 29.5 Å². The summed E-state index contributed by atoms with van der Waals surface area (Å²) in [6.07, 6.45) is 4.08. The van der Waals surface area contributed by atoms with E-state index in [2.05, 4.69) is 51.3 Å². The second kappa shape index (κ2) is 9.18. The SMILES string of the molecule is Cc1ccccc1-c1cnnn1CCCCN1CCN(c2ccc(F)cc2)CC1. The van der Waals surface area contributed by atoms with E-state index in [-0.39, 0.29) is 5.82 Å². The van der Waals surface area contributed by atoms with Crippen LogP contribution >= 0.6 is 0 Å². The Morgan fingerprint density at radius 1 is 0.897 bits per heavy atom. The first-order valence-electron chi connectivity index (χ1n) is 10.4. The zero-order valence-electron chi connectivity index (χ0n) is 17.0. The van der Waals surface area contributed by atoms with Crippen LogP contribution in [0, 0.1) is 12.7 Å². The van der Waals surface area contributed by atoms with Gasteiger partial charge >= 0.3 is 0 Å². The van der Waals surface area contributed by atoms with E-state index >= 15 is 0 Å². The van der Waals surface area contributed by atoms with Crippen molar-refractivity contribution < 1.29 is 4.39 Å². The average Bonchev–Trinajstić information content (AvgIpc) is 3.21. The molecule has 4 rings (SSSR count). The fourth-order valence-electron chi connectivity index (χ4n) is 3.97. The summed E-state index contributed by atoms with van der Waals surface area (Å²) in [5, 5.41) is 8.41. The number of aromatic nitrogens is 3. The molecule has 0 bridgehead atoms. The van der Waals surface area contributed by atoms with E-state index in [0.29, 0.717) is 0 Å². The molecule has 6 heteroatoms. The van der Waals surface area contributed by atoms with E-state index in [1.165, 1.54) is 23.3 Å². The molecule has 0 aliphatic carbocycles. The minimum atomic E-state index is -0.176. The molecule has 2 heterocycles. The van der Waals surface area contributed by atoms with Gasteiger partial charge < -0.3 is 4.90 Å². The van der Waals surface area contributed by atoms with Crippen LogP contribution in [0.2, 0.25) is 0 Å². The molecule has 0 unspecified atom stereocenters. The van der Waals surface area contributed by atoms with Crippen molar-refractivity contribution in [2.45, 2.75) is 26.3 Å². The molecule has 0 spiro atoms. The molecular weight excluding hydrogens is 365 g/mol. The molecule has 0 radical (unpaired) electrons. The molecule has 29 heavy (non-hydrogen) atoms. The molecule has 5 nitrogen and oxygen atoms in total. The number of aryl methyl sites for hydroxylation is 2. The first kappa shape index (κ1) is 19.6. The van der Waals surface area contributed by atoms with Crippen molar-refractivity contribution in [2.24, 2.45) is 0 Å². The molecule has 1 aliphatic heterocycles. The number of hydrogen-bond acceptors (Lipinski definition) is 4. The Morgan fingerprint density at radius 3 is 2.38 bits per heavy atom. The van der Waals surface area contributed by atoms with Crippen molar-refractivity contribution in [3.8, 4) is 11.3 Å². The molecule has 1 saturated heterocycles. The summed E-state index contributed by atoms with van der Waals surface area (Å²) < 4.78 is 15.1. The van der Waals surface area contributed by atoms with Crippen LogP contribution in [0.25, 0.3) is 11.3 Å². The van der Waals surface area contributed by atoms with Crippen LogP contribution in [0.15, 0.2) is 54.7 Å². The van der Waals surface area contributed by atoms with E-state index < -0.39 is 0 Å². The van der Waals surface area contributed by atoms with Gasteiger partial charge in [-0.25, -0.2) is 9.07 Å². The van der Waals surface area contributed by atoms with Crippen LogP contribution in [0.1, 0.15) is 18.4 Å². The molecule has 0 atom stereocenters. The highest BCUT2D eigenvalue weighted by Gasteiger charge is 2.17. The van der Waals surface area contributed by atoms with Crippen LogP contribution in [-0.2, 0) is 6.54 Å². The van der Waals surface area contributed by atoms with Gasteiger partial charge in [-0.15, -0.1) is 5.10 Å². The maximum Gasteiger partial charge on any atom is 0.123 e. The monoisotopic (exact) mass is 393 g/mol. The van der Waals surface area contributed by atoms with Gasteiger partial charge in [0.25, 0.3) is 0 Å². The van der Waals surface area contributed by atoms with E-state index in [9.17, 15) is 4.39 Å². The Hall–Kier alpha value is -2.73. The summed E-state index contributed by atoms with van der Waals surface area (Å²) in [7, 11) is 0. The largest absolute Gasteiger partial charge is 0.369 e. The number of piperazine rings is 1. The van der Waals surface area contributed by atoms with Gasteiger partial charge in [-0.3, -0.25) is 4.90 Å². The lowest BCUT2D eigenvalue weighted by Crippen LogP contribution is -2.46. The third-order valence-electron chi connectivity index (χ3n) is 5.70. The van der Waals surface area contributed by atoms with Crippen molar-refractivity contribution in [1.82, 2.24) is 19.9 Å².